The molecule has 1 aliphatic rings. The van der Waals surface area contributed by atoms with E-state index in [2.05, 4.69) is 4.90 Å². The molecule has 112 valence electrons. The number of rotatable bonds is 3. The number of halogens is 3. The molecule has 2 N–H and O–H groups in total. The summed E-state index contributed by atoms with van der Waals surface area (Å²) in [5.41, 5.74) is 6.04. The summed E-state index contributed by atoms with van der Waals surface area (Å²) >= 11 is 0. The Labute approximate surface area is 117 Å². The van der Waals surface area contributed by atoms with Gasteiger partial charge < -0.3 is 5.73 Å². The van der Waals surface area contributed by atoms with E-state index >= 15 is 0 Å². The summed E-state index contributed by atoms with van der Waals surface area (Å²) in [5.74, 6) is 0.434. The van der Waals surface area contributed by atoms with Crippen molar-refractivity contribution in [1.29, 1.82) is 0 Å². The van der Waals surface area contributed by atoms with Crippen LogP contribution in [-0.4, -0.2) is 24.0 Å². The van der Waals surface area contributed by atoms with Gasteiger partial charge in [0.05, 0.1) is 5.56 Å². The Morgan fingerprint density at radius 2 is 2.00 bits per heavy atom. The third kappa shape index (κ3) is 3.33. The van der Waals surface area contributed by atoms with E-state index in [1.54, 1.807) is 6.07 Å². The van der Waals surface area contributed by atoms with Crippen LogP contribution in [0.3, 0.4) is 0 Å². The van der Waals surface area contributed by atoms with Gasteiger partial charge in [-0.3, -0.25) is 4.90 Å². The lowest BCUT2D eigenvalue weighted by atomic mass is 10.0. The number of nitrogens with two attached hydrogens (primary N) is 1. The Morgan fingerprint density at radius 3 is 2.55 bits per heavy atom. The molecule has 1 fully saturated rings. The van der Waals surface area contributed by atoms with Crippen molar-refractivity contribution in [1.82, 2.24) is 4.90 Å². The minimum Gasteiger partial charge on any atom is -0.328 e. The van der Waals surface area contributed by atoms with Gasteiger partial charge in [0.1, 0.15) is 0 Å². The van der Waals surface area contributed by atoms with Gasteiger partial charge in [-0.15, -0.1) is 0 Å². The number of likely N-dealkylation sites (tertiary alicyclic amines) is 1. The predicted molar refractivity (Wildman–Crippen MR) is 73.2 cm³/mol. The molecule has 3 unspecified atom stereocenters. The van der Waals surface area contributed by atoms with Gasteiger partial charge in [-0.25, -0.2) is 0 Å². The standard InChI is InChI=1S/C15H21F3N2/c1-10(19)13-6-7-20(9-13)11(2)12-4-3-5-14(8-12)15(16,17)18/h3-5,8,10-11,13H,6-7,9,19H2,1-2H3. The van der Waals surface area contributed by atoms with Crippen LogP contribution in [0, 0.1) is 5.92 Å². The number of nitrogens with zero attached hydrogens (tertiary/aromatic N) is 1. The molecule has 0 radical (unpaired) electrons. The lowest BCUT2D eigenvalue weighted by molar-refractivity contribution is -0.137. The van der Waals surface area contributed by atoms with Crippen molar-refractivity contribution in [2.45, 2.75) is 38.5 Å². The SMILES string of the molecule is CC(N)C1CCN(C(C)c2cccc(C(F)(F)F)c2)C1. The maximum Gasteiger partial charge on any atom is 0.416 e. The summed E-state index contributed by atoms with van der Waals surface area (Å²) in [5, 5.41) is 0. The zero-order chi connectivity index (χ0) is 14.9. The Bertz CT molecular complexity index is 457. The zero-order valence-corrected chi connectivity index (χ0v) is 11.8. The Hall–Kier alpha value is -1.07. The predicted octanol–water partition coefficient (Wildman–Crippen LogP) is 3.44. The van der Waals surface area contributed by atoms with Crippen LogP contribution in [-0.2, 0) is 6.18 Å². The fourth-order valence-corrected chi connectivity index (χ4v) is 2.78. The van der Waals surface area contributed by atoms with E-state index in [0.29, 0.717) is 11.5 Å². The molecule has 1 saturated heterocycles. The van der Waals surface area contributed by atoms with Crippen LogP contribution >= 0.6 is 0 Å². The molecule has 1 aliphatic heterocycles. The molecular formula is C15H21F3N2. The fourth-order valence-electron chi connectivity index (χ4n) is 2.78. The first-order valence-corrected chi connectivity index (χ1v) is 6.96. The van der Waals surface area contributed by atoms with Gasteiger partial charge in [0.15, 0.2) is 0 Å². The Balaban J connectivity index is 2.12. The van der Waals surface area contributed by atoms with Gasteiger partial charge in [-0.1, -0.05) is 12.1 Å². The molecule has 1 aromatic carbocycles. The molecule has 0 amide bonds. The minimum atomic E-state index is -4.28. The number of benzene rings is 1. The molecule has 0 aromatic heterocycles. The molecule has 2 rings (SSSR count). The average Bonchev–Trinajstić information content (AvgIpc) is 2.87. The second kappa shape index (κ2) is 5.74. The van der Waals surface area contributed by atoms with E-state index in [9.17, 15) is 13.2 Å². The van der Waals surface area contributed by atoms with E-state index in [-0.39, 0.29) is 12.1 Å². The normalized spacial score (nSPS) is 23.8. The Kier molecular flexibility index (Phi) is 4.39. The highest BCUT2D eigenvalue weighted by molar-refractivity contribution is 5.27. The van der Waals surface area contributed by atoms with E-state index in [0.717, 1.165) is 25.6 Å². The third-order valence-corrected chi connectivity index (χ3v) is 4.24. The average molecular weight is 286 g/mol. The minimum absolute atomic E-state index is 0.0129. The summed E-state index contributed by atoms with van der Waals surface area (Å²) in [7, 11) is 0. The molecular weight excluding hydrogens is 265 g/mol. The molecule has 1 heterocycles. The van der Waals surface area contributed by atoms with Gasteiger partial charge in [-0.2, -0.15) is 13.2 Å². The molecule has 3 atom stereocenters. The molecule has 0 spiro atoms. The lowest BCUT2D eigenvalue weighted by Gasteiger charge is -2.26. The van der Waals surface area contributed by atoms with Gasteiger partial charge in [0, 0.05) is 18.6 Å². The zero-order valence-electron chi connectivity index (χ0n) is 11.8. The molecule has 5 heteroatoms. The fraction of sp³-hybridized carbons (Fsp3) is 0.600. The number of hydrogen-bond acceptors (Lipinski definition) is 2. The molecule has 20 heavy (non-hydrogen) atoms. The highest BCUT2D eigenvalue weighted by atomic mass is 19.4. The van der Waals surface area contributed by atoms with Crippen LogP contribution in [0.4, 0.5) is 13.2 Å². The van der Waals surface area contributed by atoms with E-state index in [1.165, 1.54) is 12.1 Å². The highest BCUT2D eigenvalue weighted by Crippen LogP contribution is 2.33. The molecule has 0 saturated carbocycles. The van der Waals surface area contributed by atoms with Crippen LogP contribution in [0.5, 0.6) is 0 Å². The summed E-state index contributed by atoms with van der Waals surface area (Å²) in [4.78, 5) is 2.21. The van der Waals surface area contributed by atoms with Gasteiger partial charge in [-0.05, 0) is 50.4 Å². The van der Waals surface area contributed by atoms with Crippen molar-refractivity contribution in [2.75, 3.05) is 13.1 Å². The monoisotopic (exact) mass is 286 g/mol. The molecule has 2 nitrogen and oxygen atoms in total. The number of alkyl halides is 3. The third-order valence-electron chi connectivity index (χ3n) is 4.24. The van der Waals surface area contributed by atoms with Gasteiger partial charge >= 0.3 is 6.18 Å². The van der Waals surface area contributed by atoms with Crippen LogP contribution in [0.2, 0.25) is 0 Å². The van der Waals surface area contributed by atoms with Crippen LogP contribution < -0.4 is 5.73 Å². The van der Waals surface area contributed by atoms with Crippen LogP contribution in [0.15, 0.2) is 24.3 Å². The smallest absolute Gasteiger partial charge is 0.328 e. The maximum absolute atomic E-state index is 12.7. The summed E-state index contributed by atoms with van der Waals surface area (Å²) in [6, 6.07) is 5.73. The number of hydrogen-bond donors (Lipinski definition) is 1. The first kappa shape index (κ1) is 15.3. The summed E-state index contributed by atoms with van der Waals surface area (Å²) < 4.78 is 38.2. The van der Waals surface area contributed by atoms with Crippen molar-refractivity contribution in [3.05, 3.63) is 35.4 Å². The van der Waals surface area contributed by atoms with E-state index in [1.807, 2.05) is 13.8 Å². The van der Waals surface area contributed by atoms with Crippen molar-refractivity contribution in [3.8, 4) is 0 Å². The van der Waals surface area contributed by atoms with Gasteiger partial charge in [0.2, 0.25) is 0 Å². The summed E-state index contributed by atoms with van der Waals surface area (Å²) in [6.45, 7) is 5.70. The summed E-state index contributed by atoms with van der Waals surface area (Å²) in [6.07, 6.45) is -3.27. The maximum atomic E-state index is 12.7. The first-order valence-electron chi connectivity index (χ1n) is 6.96. The van der Waals surface area contributed by atoms with Crippen LogP contribution in [0.25, 0.3) is 0 Å². The first-order chi connectivity index (χ1) is 9.29. The second-order valence-electron chi connectivity index (χ2n) is 5.70. The molecule has 1 aromatic rings. The Morgan fingerprint density at radius 1 is 1.30 bits per heavy atom. The van der Waals surface area contributed by atoms with Gasteiger partial charge in [0.25, 0.3) is 0 Å². The molecule has 0 aliphatic carbocycles. The quantitative estimate of drug-likeness (QED) is 0.922. The highest BCUT2D eigenvalue weighted by Gasteiger charge is 2.32. The molecule has 0 bridgehead atoms. The van der Waals surface area contributed by atoms with Crippen molar-refractivity contribution in [2.24, 2.45) is 11.7 Å². The van der Waals surface area contributed by atoms with Crippen molar-refractivity contribution >= 4 is 0 Å². The second-order valence-corrected chi connectivity index (χ2v) is 5.70. The largest absolute Gasteiger partial charge is 0.416 e. The van der Waals surface area contributed by atoms with Crippen molar-refractivity contribution < 1.29 is 13.2 Å². The topological polar surface area (TPSA) is 29.3 Å². The van der Waals surface area contributed by atoms with Crippen LogP contribution in [0.1, 0.15) is 37.4 Å². The lowest BCUT2D eigenvalue weighted by Crippen LogP contribution is -2.31. The van der Waals surface area contributed by atoms with E-state index < -0.39 is 11.7 Å². The van der Waals surface area contributed by atoms with E-state index in [4.69, 9.17) is 5.73 Å². The van der Waals surface area contributed by atoms with Crippen molar-refractivity contribution in [3.63, 3.8) is 0 Å².